The number of fused-ring (bicyclic) bond motifs is 3. The maximum atomic E-state index is 3.85. The molecule has 0 aromatic heterocycles. The molecule has 2 nitrogen and oxygen atoms in total. The summed E-state index contributed by atoms with van der Waals surface area (Å²) in [5, 5.41) is 3.34. The molecule has 2 aliphatic heterocycles. The summed E-state index contributed by atoms with van der Waals surface area (Å²) in [7, 11) is 0. The third-order valence-corrected chi connectivity index (χ3v) is 3.41. The van der Waals surface area contributed by atoms with Gasteiger partial charge in [0.1, 0.15) is 0 Å². The Morgan fingerprint density at radius 2 is 2.31 bits per heavy atom. The standard InChI is InChI=1S/C14H16N2/c1-2-9-16-13-6-4-3-5-11(13)12-7-8-15-10-14(12)16/h2-6,10,12,15H,1,7-9H2. The maximum Gasteiger partial charge on any atom is 0.0451 e. The lowest BCUT2D eigenvalue weighted by Gasteiger charge is -2.25. The summed E-state index contributed by atoms with van der Waals surface area (Å²) < 4.78 is 0. The van der Waals surface area contributed by atoms with Crippen molar-refractivity contribution in [2.24, 2.45) is 0 Å². The third kappa shape index (κ3) is 1.26. The van der Waals surface area contributed by atoms with Crippen LogP contribution in [0.3, 0.4) is 0 Å². The second kappa shape index (κ2) is 3.71. The molecule has 16 heavy (non-hydrogen) atoms. The van der Waals surface area contributed by atoms with Gasteiger partial charge in [-0.3, -0.25) is 0 Å². The lowest BCUT2D eigenvalue weighted by molar-refractivity contribution is 0.630. The lowest BCUT2D eigenvalue weighted by atomic mass is 9.94. The van der Waals surface area contributed by atoms with E-state index in [1.807, 2.05) is 6.08 Å². The van der Waals surface area contributed by atoms with E-state index < -0.39 is 0 Å². The fraction of sp³-hybridized carbons (Fsp3) is 0.286. The van der Waals surface area contributed by atoms with Crippen LogP contribution < -0.4 is 10.2 Å². The van der Waals surface area contributed by atoms with Crippen molar-refractivity contribution < 1.29 is 0 Å². The van der Waals surface area contributed by atoms with E-state index >= 15 is 0 Å². The van der Waals surface area contributed by atoms with Gasteiger partial charge in [0.05, 0.1) is 0 Å². The van der Waals surface area contributed by atoms with Crippen LogP contribution in [0, 0.1) is 0 Å². The summed E-state index contributed by atoms with van der Waals surface area (Å²) in [6.45, 7) is 5.81. The molecule has 0 saturated heterocycles. The number of anilines is 1. The zero-order chi connectivity index (χ0) is 11.0. The van der Waals surface area contributed by atoms with E-state index in [0.29, 0.717) is 5.92 Å². The highest BCUT2D eigenvalue weighted by atomic mass is 15.2. The van der Waals surface area contributed by atoms with Crippen LogP contribution in [0.5, 0.6) is 0 Å². The number of rotatable bonds is 2. The molecule has 0 amide bonds. The van der Waals surface area contributed by atoms with E-state index in [1.165, 1.54) is 23.4 Å². The lowest BCUT2D eigenvalue weighted by Crippen LogP contribution is -2.26. The summed E-state index contributed by atoms with van der Waals surface area (Å²) in [4.78, 5) is 2.36. The molecule has 0 bridgehead atoms. The molecule has 1 aromatic rings. The molecule has 1 N–H and O–H groups in total. The van der Waals surface area contributed by atoms with Crippen molar-refractivity contribution in [3.63, 3.8) is 0 Å². The van der Waals surface area contributed by atoms with Crippen LogP contribution in [0.4, 0.5) is 5.69 Å². The van der Waals surface area contributed by atoms with Gasteiger partial charge in [-0.1, -0.05) is 24.3 Å². The average Bonchev–Trinajstić information content (AvgIpc) is 2.66. The Bertz CT molecular complexity index is 448. The number of allylic oxidation sites excluding steroid dienone is 1. The van der Waals surface area contributed by atoms with Gasteiger partial charge in [0.2, 0.25) is 0 Å². The molecular weight excluding hydrogens is 196 g/mol. The van der Waals surface area contributed by atoms with Crippen molar-refractivity contribution in [1.82, 2.24) is 5.32 Å². The number of benzene rings is 1. The smallest absolute Gasteiger partial charge is 0.0451 e. The molecule has 2 aliphatic rings. The Morgan fingerprint density at radius 3 is 3.19 bits per heavy atom. The van der Waals surface area contributed by atoms with Crippen molar-refractivity contribution in [1.29, 1.82) is 0 Å². The molecule has 1 atom stereocenters. The Labute approximate surface area is 96.3 Å². The molecule has 0 fully saturated rings. The molecule has 0 spiro atoms. The Kier molecular flexibility index (Phi) is 2.21. The van der Waals surface area contributed by atoms with Crippen molar-refractivity contribution in [2.45, 2.75) is 12.3 Å². The highest BCUT2D eigenvalue weighted by Gasteiger charge is 2.33. The van der Waals surface area contributed by atoms with Gasteiger partial charge in [-0.25, -0.2) is 0 Å². The second-order valence-electron chi connectivity index (χ2n) is 4.32. The third-order valence-electron chi connectivity index (χ3n) is 3.41. The zero-order valence-corrected chi connectivity index (χ0v) is 9.32. The molecule has 3 rings (SSSR count). The van der Waals surface area contributed by atoms with Crippen LogP contribution in [-0.2, 0) is 0 Å². The molecular formula is C14H16N2. The second-order valence-corrected chi connectivity index (χ2v) is 4.32. The van der Waals surface area contributed by atoms with Crippen molar-refractivity contribution in [2.75, 3.05) is 18.0 Å². The van der Waals surface area contributed by atoms with E-state index in [2.05, 4.69) is 47.3 Å². The summed E-state index contributed by atoms with van der Waals surface area (Å²) >= 11 is 0. The normalized spacial score (nSPS) is 21.9. The topological polar surface area (TPSA) is 15.3 Å². The fourth-order valence-electron chi connectivity index (χ4n) is 2.73. The fourth-order valence-corrected chi connectivity index (χ4v) is 2.73. The molecule has 1 unspecified atom stereocenters. The molecule has 1 aromatic carbocycles. The highest BCUT2D eigenvalue weighted by molar-refractivity contribution is 5.68. The van der Waals surface area contributed by atoms with Crippen molar-refractivity contribution in [3.8, 4) is 0 Å². The minimum absolute atomic E-state index is 0.581. The molecule has 0 saturated carbocycles. The summed E-state index contributed by atoms with van der Waals surface area (Å²) in [6, 6.07) is 8.70. The number of hydrogen-bond donors (Lipinski definition) is 1. The first-order chi connectivity index (χ1) is 7.92. The molecule has 0 radical (unpaired) electrons. The van der Waals surface area contributed by atoms with Crippen LogP contribution >= 0.6 is 0 Å². The Hall–Kier alpha value is -1.70. The van der Waals surface area contributed by atoms with Crippen molar-refractivity contribution in [3.05, 3.63) is 54.4 Å². The Balaban J connectivity index is 2.11. The van der Waals surface area contributed by atoms with Crippen LogP contribution in [0.2, 0.25) is 0 Å². The maximum absolute atomic E-state index is 3.85. The van der Waals surface area contributed by atoms with Gasteiger partial charge in [-0.2, -0.15) is 0 Å². The largest absolute Gasteiger partial charge is 0.389 e. The summed E-state index contributed by atoms with van der Waals surface area (Å²) in [5.74, 6) is 0.581. The number of nitrogens with one attached hydrogen (secondary N) is 1. The minimum atomic E-state index is 0.581. The highest BCUT2D eigenvalue weighted by Crippen LogP contribution is 2.45. The van der Waals surface area contributed by atoms with Crippen molar-refractivity contribution >= 4 is 5.69 Å². The van der Waals surface area contributed by atoms with Crippen LogP contribution in [-0.4, -0.2) is 13.1 Å². The van der Waals surface area contributed by atoms with E-state index in [4.69, 9.17) is 0 Å². The minimum Gasteiger partial charge on any atom is -0.389 e. The zero-order valence-electron chi connectivity index (χ0n) is 9.32. The van der Waals surface area contributed by atoms with E-state index in [0.717, 1.165) is 13.1 Å². The number of hydrogen-bond acceptors (Lipinski definition) is 2. The van der Waals surface area contributed by atoms with Gasteiger partial charge >= 0.3 is 0 Å². The van der Waals surface area contributed by atoms with Gasteiger partial charge < -0.3 is 10.2 Å². The first kappa shape index (κ1) is 9.52. The molecule has 2 heteroatoms. The molecule has 82 valence electrons. The number of nitrogens with zero attached hydrogens (tertiary/aromatic N) is 1. The van der Waals surface area contributed by atoms with Crippen LogP contribution in [0.25, 0.3) is 0 Å². The monoisotopic (exact) mass is 212 g/mol. The first-order valence-electron chi connectivity index (χ1n) is 5.82. The van der Waals surface area contributed by atoms with E-state index in [9.17, 15) is 0 Å². The molecule has 0 aliphatic carbocycles. The predicted octanol–water partition coefficient (Wildman–Crippen LogP) is 2.61. The van der Waals surface area contributed by atoms with Gasteiger partial charge in [0.25, 0.3) is 0 Å². The average molecular weight is 212 g/mol. The van der Waals surface area contributed by atoms with Crippen LogP contribution in [0.1, 0.15) is 17.9 Å². The van der Waals surface area contributed by atoms with E-state index in [-0.39, 0.29) is 0 Å². The number of para-hydroxylation sites is 1. The van der Waals surface area contributed by atoms with E-state index in [1.54, 1.807) is 0 Å². The molecule has 2 heterocycles. The van der Waals surface area contributed by atoms with Crippen LogP contribution in [0.15, 0.2) is 48.8 Å². The first-order valence-corrected chi connectivity index (χ1v) is 5.82. The van der Waals surface area contributed by atoms with Gasteiger partial charge in [-0.15, -0.1) is 6.58 Å². The van der Waals surface area contributed by atoms with Gasteiger partial charge in [0, 0.05) is 36.6 Å². The quantitative estimate of drug-likeness (QED) is 0.758. The SMILES string of the molecule is C=CCN1C2=CNCCC2c2ccccc21. The predicted molar refractivity (Wildman–Crippen MR) is 67.4 cm³/mol. The Morgan fingerprint density at radius 1 is 1.44 bits per heavy atom. The summed E-state index contributed by atoms with van der Waals surface area (Å²) in [6.07, 6.45) is 5.32. The van der Waals surface area contributed by atoms with Gasteiger partial charge in [-0.05, 0) is 18.1 Å². The summed E-state index contributed by atoms with van der Waals surface area (Å²) in [5.41, 5.74) is 4.21. The van der Waals surface area contributed by atoms with Gasteiger partial charge in [0.15, 0.2) is 0 Å².